The van der Waals surface area contributed by atoms with E-state index < -0.39 is 0 Å². The molecule has 0 spiro atoms. The third-order valence-electron chi connectivity index (χ3n) is 5.59. The summed E-state index contributed by atoms with van der Waals surface area (Å²) < 4.78 is 15.0. The Morgan fingerprint density at radius 1 is 1.00 bits per heavy atom. The lowest BCUT2D eigenvalue weighted by atomic mass is 10.2. The highest BCUT2D eigenvalue weighted by Gasteiger charge is 2.25. The van der Waals surface area contributed by atoms with Gasteiger partial charge in [0.2, 0.25) is 0 Å². The lowest BCUT2D eigenvalue weighted by Crippen LogP contribution is -2.48. The zero-order valence-electron chi connectivity index (χ0n) is 16.9. The second kappa shape index (κ2) is 7.98. The summed E-state index contributed by atoms with van der Waals surface area (Å²) in [6, 6.07) is 16.0. The second-order valence-electron chi connectivity index (χ2n) is 7.56. The minimum Gasteiger partial charge on any atom is -0.368 e. The summed E-state index contributed by atoms with van der Waals surface area (Å²) in [6.45, 7) is 4.66. The number of carbonyl (C=O) groups excluding carboxylic acids is 1. The van der Waals surface area contributed by atoms with E-state index in [2.05, 4.69) is 10.00 Å². The van der Waals surface area contributed by atoms with E-state index in [1.165, 1.54) is 23.5 Å². The normalized spacial score (nSPS) is 14.4. The number of halogens is 2. The van der Waals surface area contributed by atoms with Crippen LogP contribution in [0.3, 0.4) is 0 Å². The summed E-state index contributed by atoms with van der Waals surface area (Å²) in [6.07, 6.45) is 0. The Hall–Kier alpha value is -2.90. The van der Waals surface area contributed by atoms with Gasteiger partial charge >= 0.3 is 0 Å². The first-order chi connectivity index (χ1) is 15.0. The highest BCUT2D eigenvalue weighted by molar-refractivity contribution is 7.20. The summed E-state index contributed by atoms with van der Waals surface area (Å²) in [5.41, 5.74) is 2.78. The van der Waals surface area contributed by atoms with Gasteiger partial charge in [-0.1, -0.05) is 11.6 Å². The van der Waals surface area contributed by atoms with Crippen LogP contribution < -0.4 is 4.90 Å². The maximum atomic E-state index is 13.2. The van der Waals surface area contributed by atoms with Crippen molar-refractivity contribution in [2.75, 3.05) is 31.1 Å². The SMILES string of the molecule is Cc1nn(-c2ccc(Cl)cc2)c2sc(C(=O)N3CCN(c4ccc(F)cc4)CC3)cc12. The van der Waals surface area contributed by atoms with Crippen molar-refractivity contribution in [2.24, 2.45) is 0 Å². The molecule has 0 atom stereocenters. The number of hydrogen-bond donors (Lipinski definition) is 0. The molecule has 1 saturated heterocycles. The molecule has 1 aliphatic rings. The fourth-order valence-electron chi connectivity index (χ4n) is 3.89. The molecule has 8 heteroatoms. The second-order valence-corrected chi connectivity index (χ2v) is 9.03. The molecule has 0 radical (unpaired) electrons. The van der Waals surface area contributed by atoms with Gasteiger partial charge in [-0.15, -0.1) is 11.3 Å². The molecular weight excluding hydrogens is 435 g/mol. The van der Waals surface area contributed by atoms with Crippen LogP contribution in [-0.2, 0) is 0 Å². The van der Waals surface area contributed by atoms with E-state index in [1.54, 1.807) is 12.1 Å². The standard InChI is InChI=1S/C23H20ClFN4OS/c1-15-20-14-21(31-23(20)29(26-15)19-6-2-16(24)3-7-19)22(30)28-12-10-27(11-13-28)18-8-4-17(25)5-9-18/h2-9,14H,10-13H2,1H3. The zero-order valence-corrected chi connectivity index (χ0v) is 18.5. The van der Waals surface area contributed by atoms with Gasteiger partial charge in [0.15, 0.2) is 0 Å². The minimum absolute atomic E-state index is 0.0435. The number of fused-ring (bicyclic) bond motifs is 1. The summed E-state index contributed by atoms with van der Waals surface area (Å²) in [5.74, 6) is -0.197. The van der Waals surface area contributed by atoms with E-state index in [-0.39, 0.29) is 11.7 Å². The largest absolute Gasteiger partial charge is 0.368 e. The average Bonchev–Trinajstić information content (AvgIpc) is 3.35. The molecule has 0 N–H and O–H groups in total. The van der Waals surface area contributed by atoms with E-state index in [0.717, 1.165) is 40.4 Å². The summed E-state index contributed by atoms with van der Waals surface area (Å²) in [4.78, 5) is 18.9. The van der Waals surface area contributed by atoms with Gasteiger partial charge in [-0.05, 0) is 61.5 Å². The maximum absolute atomic E-state index is 13.2. The van der Waals surface area contributed by atoms with Crippen LogP contribution in [0.4, 0.5) is 10.1 Å². The van der Waals surface area contributed by atoms with Crippen molar-refractivity contribution < 1.29 is 9.18 Å². The summed E-state index contributed by atoms with van der Waals surface area (Å²) >= 11 is 7.48. The van der Waals surface area contributed by atoms with Crippen LogP contribution in [0.25, 0.3) is 15.9 Å². The molecule has 4 aromatic rings. The van der Waals surface area contributed by atoms with Crippen LogP contribution >= 0.6 is 22.9 Å². The predicted octanol–water partition coefficient (Wildman–Crippen LogP) is 5.15. The Kier molecular flexibility index (Phi) is 5.16. The van der Waals surface area contributed by atoms with Crippen LogP contribution in [0, 0.1) is 12.7 Å². The predicted molar refractivity (Wildman–Crippen MR) is 123 cm³/mol. The van der Waals surface area contributed by atoms with Gasteiger partial charge in [0.25, 0.3) is 5.91 Å². The van der Waals surface area contributed by atoms with E-state index in [0.29, 0.717) is 23.0 Å². The van der Waals surface area contributed by atoms with E-state index in [1.807, 2.05) is 46.8 Å². The molecule has 5 rings (SSSR count). The van der Waals surface area contributed by atoms with Gasteiger partial charge < -0.3 is 9.80 Å². The summed E-state index contributed by atoms with van der Waals surface area (Å²) in [7, 11) is 0. The molecule has 1 amide bonds. The Balaban J connectivity index is 1.35. The van der Waals surface area contributed by atoms with Gasteiger partial charge in [0, 0.05) is 42.3 Å². The van der Waals surface area contributed by atoms with Crippen LogP contribution in [0.5, 0.6) is 0 Å². The Morgan fingerprint density at radius 3 is 2.32 bits per heavy atom. The number of amides is 1. The minimum atomic E-state index is -0.241. The molecule has 1 aliphatic heterocycles. The molecule has 0 bridgehead atoms. The van der Waals surface area contributed by atoms with Crippen molar-refractivity contribution in [3.05, 3.63) is 76.0 Å². The number of piperazine rings is 1. The number of aryl methyl sites for hydroxylation is 1. The number of anilines is 1. The number of carbonyl (C=O) groups is 1. The van der Waals surface area contributed by atoms with Crippen molar-refractivity contribution in [3.63, 3.8) is 0 Å². The molecule has 158 valence electrons. The number of aromatic nitrogens is 2. The van der Waals surface area contributed by atoms with Gasteiger partial charge in [-0.2, -0.15) is 5.10 Å². The maximum Gasteiger partial charge on any atom is 0.264 e. The third-order valence-corrected chi connectivity index (χ3v) is 6.94. The molecule has 2 aromatic carbocycles. The van der Waals surface area contributed by atoms with Gasteiger partial charge in [-0.3, -0.25) is 4.79 Å². The first-order valence-corrected chi connectivity index (χ1v) is 11.2. The lowest BCUT2D eigenvalue weighted by Gasteiger charge is -2.36. The lowest BCUT2D eigenvalue weighted by molar-refractivity contribution is 0.0751. The average molecular weight is 455 g/mol. The van der Waals surface area contributed by atoms with Crippen LogP contribution in [0.1, 0.15) is 15.4 Å². The highest BCUT2D eigenvalue weighted by Crippen LogP contribution is 2.31. The molecule has 0 saturated carbocycles. The van der Waals surface area contributed by atoms with Crippen molar-refractivity contribution in [1.82, 2.24) is 14.7 Å². The number of hydrogen-bond acceptors (Lipinski definition) is 4. The Bertz CT molecular complexity index is 1240. The Morgan fingerprint density at radius 2 is 1.65 bits per heavy atom. The van der Waals surface area contributed by atoms with E-state index in [4.69, 9.17) is 11.6 Å². The van der Waals surface area contributed by atoms with Crippen molar-refractivity contribution in [2.45, 2.75) is 6.92 Å². The topological polar surface area (TPSA) is 41.4 Å². The molecular formula is C23H20ClFN4OS. The highest BCUT2D eigenvalue weighted by atomic mass is 35.5. The van der Waals surface area contributed by atoms with Gasteiger partial charge in [0.05, 0.1) is 16.3 Å². The van der Waals surface area contributed by atoms with E-state index >= 15 is 0 Å². The molecule has 3 heterocycles. The van der Waals surface area contributed by atoms with Gasteiger partial charge in [0.1, 0.15) is 10.6 Å². The molecule has 31 heavy (non-hydrogen) atoms. The fraction of sp³-hybridized carbons (Fsp3) is 0.217. The monoisotopic (exact) mass is 454 g/mol. The first kappa shape index (κ1) is 20.0. The van der Waals surface area contributed by atoms with Crippen LogP contribution in [0.2, 0.25) is 5.02 Å². The number of thiophene rings is 1. The van der Waals surface area contributed by atoms with E-state index in [9.17, 15) is 9.18 Å². The molecule has 1 fully saturated rings. The molecule has 5 nitrogen and oxygen atoms in total. The smallest absolute Gasteiger partial charge is 0.264 e. The molecule has 0 aliphatic carbocycles. The van der Waals surface area contributed by atoms with Crippen LogP contribution in [-0.4, -0.2) is 46.8 Å². The van der Waals surface area contributed by atoms with Crippen molar-refractivity contribution >= 4 is 44.7 Å². The quantitative estimate of drug-likeness (QED) is 0.430. The number of benzene rings is 2. The van der Waals surface area contributed by atoms with Gasteiger partial charge in [-0.25, -0.2) is 9.07 Å². The Labute approximate surface area is 188 Å². The van der Waals surface area contributed by atoms with Crippen LogP contribution in [0.15, 0.2) is 54.6 Å². The number of rotatable bonds is 3. The fourth-order valence-corrected chi connectivity index (χ4v) is 5.16. The zero-order chi connectivity index (χ0) is 21.5. The molecule has 0 unspecified atom stereocenters. The van der Waals surface area contributed by atoms with Crippen molar-refractivity contribution in [1.29, 1.82) is 0 Å². The molecule has 2 aromatic heterocycles. The summed E-state index contributed by atoms with van der Waals surface area (Å²) in [5, 5.41) is 6.30. The first-order valence-electron chi connectivity index (χ1n) is 10.0. The third kappa shape index (κ3) is 3.79. The van der Waals surface area contributed by atoms with Crippen molar-refractivity contribution in [3.8, 4) is 5.69 Å². The number of nitrogens with zero attached hydrogens (tertiary/aromatic N) is 4.